The van der Waals surface area contributed by atoms with Crippen LogP contribution in [0, 0.1) is 0 Å². The van der Waals surface area contributed by atoms with Gasteiger partial charge in [0.25, 0.3) is 0 Å². The molecule has 3 N–H and O–H groups in total. The van der Waals surface area contributed by atoms with E-state index in [0.29, 0.717) is 0 Å². The number of hydrogen-bond donors (Lipinski definition) is 2. The minimum atomic E-state index is -0.0686. The van der Waals surface area contributed by atoms with Crippen LogP contribution in [0.3, 0.4) is 0 Å². The lowest BCUT2D eigenvalue weighted by molar-refractivity contribution is 0.580. The van der Waals surface area contributed by atoms with Gasteiger partial charge in [-0.3, -0.25) is 5.84 Å². The number of imidazole rings is 1. The third-order valence-electron chi connectivity index (χ3n) is 3.00. The minimum Gasteiger partial charge on any atom is -0.336 e. The van der Waals surface area contributed by atoms with E-state index in [0.717, 1.165) is 17.8 Å². The zero-order valence-electron chi connectivity index (χ0n) is 10.2. The number of nitrogens with one attached hydrogen (secondary N) is 1. The first-order chi connectivity index (χ1) is 8.26. The lowest BCUT2D eigenvalue weighted by Crippen LogP contribution is -2.30. The number of aryl methyl sites for hydroxylation is 2. The van der Waals surface area contributed by atoms with Crippen LogP contribution in [0.2, 0.25) is 0 Å². The summed E-state index contributed by atoms with van der Waals surface area (Å²) in [4.78, 5) is 4.33. The Morgan fingerprint density at radius 2 is 2.06 bits per heavy atom. The zero-order valence-corrected chi connectivity index (χ0v) is 10.2. The molecule has 0 saturated carbocycles. The van der Waals surface area contributed by atoms with E-state index in [9.17, 15) is 0 Å². The fourth-order valence-electron chi connectivity index (χ4n) is 1.92. The van der Waals surface area contributed by atoms with Crippen molar-refractivity contribution in [3.05, 3.63) is 53.6 Å². The molecule has 0 aliphatic heterocycles. The Bertz CT molecular complexity index is 472. The molecule has 17 heavy (non-hydrogen) atoms. The SMILES string of the molecule is CCc1ccc(C(NN)c2nccn2C)cc1. The molecule has 0 aliphatic carbocycles. The maximum atomic E-state index is 5.63. The second kappa shape index (κ2) is 5.12. The van der Waals surface area contributed by atoms with E-state index in [-0.39, 0.29) is 6.04 Å². The molecule has 1 aromatic heterocycles. The highest BCUT2D eigenvalue weighted by Crippen LogP contribution is 2.19. The van der Waals surface area contributed by atoms with Crippen molar-refractivity contribution < 1.29 is 0 Å². The van der Waals surface area contributed by atoms with Gasteiger partial charge < -0.3 is 4.57 Å². The van der Waals surface area contributed by atoms with Crippen molar-refractivity contribution in [3.8, 4) is 0 Å². The summed E-state index contributed by atoms with van der Waals surface area (Å²) in [5.74, 6) is 6.55. The average Bonchev–Trinajstić information content (AvgIpc) is 2.78. The number of benzene rings is 1. The maximum Gasteiger partial charge on any atom is 0.131 e. The Kier molecular flexibility index (Phi) is 3.56. The molecule has 0 aliphatic rings. The Balaban J connectivity index is 2.32. The Morgan fingerprint density at radius 1 is 1.35 bits per heavy atom. The highest BCUT2D eigenvalue weighted by molar-refractivity contribution is 5.28. The number of aromatic nitrogens is 2. The van der Waals surface area contributed by atoms with Crippen molar-refractivity contribution in [1.29, 1.82) is 0 Å². The lowest BCUT2D eigenvalue weighted by Gasteiger charge is -2.16. The molecule has 1 atom stereocenters. The Hall–Kier alpha value is -1.65. The monoisotopic (exact) mass is 230 g/mol. The van der Waals surface area contributed by atoms with Crippen LogP contribution >= 0.6 is 0 Å². The van der Waals surface area contributed by atoms with Gasteiger partial charge in [0.15, 0.2) is 0 Å². The van der Waals surface area contributed by atoms with Gasteiger partial charge in [0.2, 0.25) is 0 Å². The predicted molar refractivity (Wildman–Crippen MR) is 68.2 cm³/mol. The van der Waals surface area contributed by atoms with Crippen molar-refractivity contribution in [3.63, 3.8) is 0 Å². The number of nitrogens with two attached hydrogens (primary N) is 1. The first-order valence-electron chi connectivity index (χ1n) is 5.78. The molecule has 1 heterocycles. The normalized spacial score (nSPS) is 12.6. The van der Waals surface area contributed by atoms with Gasteiger partial charge in [-0.25, -0.2) is 10.4 Å². The number of rotatable bonds is 4. The van der Waals surface area contributed by atoms with Crippen LogP contribution in [0.1, 0.15) is 29.9 Å². The fraction of sp³-hybridized carbons (Fsp3) is 0.308. The van der Waals surface area contributed by atoms with Gasteiger partial charge in [-0.2, -0.15) is 0 Å². The van der Waals surface area contributed by atoms with E-state index < -0.39 is 0 Å². The van der Waals surface area contributed by atoms with Crippen molar-refractivity contribution in [2.24, 2.45) is 12.9 Å². The van der Waals surface area contributed by atoms with Crippen LogP contribution in [-0.2, 0) is 13.5 Å². The maximum absolute atomic E-state index is 5.63. The highest BCUT2D eigenvalue weighted by Gasteiger charge is 2.16. The quantitative estimate of drug-likeness (QED) is 0.618. The average molecular weight is 230 g/mol. The van der Waals surface area contributed by atoms with Crippen molar-refractivity contribution >= 4 is 0 Å². The molecular weight excluding hydrogens is 212 g/mol. The van der Waals surface area contributed by atoms with Crippen LogP contribution in [0.4, 0.5) is 0 Å². The van der Waals surface area contributed by atoms with Crippen molar-refractivity contribution in [1.82, 2.24) is 15.0 Å². The van der Waals surface area contributed by atoms with E-state index >= 15 is 0 Å². The molecule has 1 unspecified atom stereocenters. The summed E-state index contributed by atoms with van der Waals surface area (Å²) in [5, 5.41) is 0. The molecule has 0 saturated heterocycles. The summed E-state index contributed by atoms with van der Waals surface area (Å²) in [7, 11) is 1.97. The third kappa shape index (κ3) is 2.38. The molecule has 0 fully saturated rings. The largest absolute Gasteiger partial charge is 0.336 e. The number of hydrogen-bond acceptors (Lipinski definition) is 3. The van der Waals surface area contributed by atoms with Gasteiger partial charge in [-0.05, 0) is 17.5 Å². The van der Waals surface area contributed by atoms with Crippen LogP contribution in [0.25, 0.3) is 0 Å². The van der Waals surface area contributed by atoms with Crippen LogP contribution < -0.4 is 11.3 Å². The molecule has 2 rings (SSSR count). The Morgan fingerprint density at radius 3 is 2.53 bits per heavy atom. The lowest BCUT2D eigenvalue weighted by atomic mass is 10.0. The summed E-state index contributed by atoms with van der Waals surface area (Å²) in [6.45, 7) is 2.15. The van der Waals surface area contributed by atoms with Gasteiger partial charge in [0, 0.05) is 19.4 Å². The summed E-state index contributed by atoms with van der Waals surface area (Å²) in [6.07, 6.45) is 4.74. The second-order valence-corrected chi connectivity index (χ2v) is 4.09. The van der Waals surface area contributed by atoms with E-state index in [4.69, 9.17) is 5.84 Å². The summed E-state index contributed by atoms with van der Waals surface area (Å²) in [5.41, 5.74) is 5.26. The van der Waals surface area contributed by atoms with E-state index in [2.05, 4.69) is 41.6 Å². The smallest absolute Gasteiger partial charge is 0.131 e. The molecule has 0 bridgehead atoms. The summed E-state index contributed by atoms with van der Waals surface area (Å²) in [6, 6.07) is 8.38. The molecule has 1 aromatic carbocycles. The van der Waals surface area contributed by atoms with E-state index in [1.54, 1.807) is 6.20 Å². The first kappa shape index (κ1) is 11.8. The van der Waals surface area contributed by atoms with Gasteiger partial charge in [-0.15, -0.1) is 0 Å². The molecule has 90 valence electrons. The van der Waals surface area contributed by atoms with Crippen LogP contribution in [0.5, 0.6) is 0 Å². The van der Waals surface area contributed by atoms with E-state index in [1.165, 1.54) is 5.56 Å². The number of nitrogens with zero attached hydrogens (tertiary/aromatic N) is 2. The highest BCUT2D eigenvalue weighted by atomic mass is 15.3. The standard InChI is InChI=1S/C13H18N4/c1-3-10-4-6-11(7-5-10)12(16-14)13-15-8-9-17(13)2/h4-9,12,16H,3,14H2,1-2H3. The topological polar surface area (TPSA) is 55.9 Å². The third-order valence-corrected chi connectivity index (χ3v) is 3.00. The summed E-state index contributed by atoms with van der Waals surface area (Å²) < 4.78 is 1.97. The molecule has 2 aromatic rings. The molecule has 4 heteroatoms. The van der Waals surface area contributed by atoms with Gasteiger partial charge in [0.1, 0.15) is 11.9 Å². The van der Waals surface area contributed by atoms with E-state index in [1.807, 2.05) is 17.8 Å². The molecule has 0 spiro atoms. The van der Waals surface area contributed by atoms with Crippen LogP contribution in [0.15, 0.2) is 36.7 Å². The van der Waals surface area contributed by atoms with Crippen molar-refractivity contribution in [2.45, 2.75) is 19.4 Å². The molecule has 0 radical (unpaired) electrons. The Labute approximate surface area is 101 Å². The number of hydrazine groups is 1. The van der Waals surface area contributed by atoms with Crippen molar-refractivity contribution in [2.75, 3.05) is 0 Å². The summed E-state index contributed by atoms with van der Waals surface area (Å²) >= 11 is 0. The minimum absolute atomic E-state index is 0.0686. The van der Waals surface area contributed by atoms with Gasteiger partial charge in [-0.1, -0.05) is 31.2 Å². The predicted octanol–water partition coefficient (Wildman–Crippen LogP) is 1.54. The molecular formula is C13H18N4. The fourth-order valence-corrected chi connectivity index (χ4v) is 1.92. The van der Waals surface area contributed by atoms with Crippen LogP contribution in [-0.4, -0.2) is 9.55 Å². The van der Waals surface area contributed by atoms with Gasteiger partial charge >= 0.3 is 0 Å². The zero-order chi connectivity index (χ0) is 12.3. The van der Waals surface area contributed by atoms with Gasteiger partial charge in [0.05, 0.1) is 0 Å². The molecule has 0 amide bonds. The first-order valence-corrected chi connectivity index (χ1v) is 5.78. The molecule has 4 nitrogen and oxygen atoms in total. The second-order valence-electron chi connectivity index (χ2n) is 4.09.